The molecule has 44 heavy (non-hydrogen) atoms. The summed E-state index contributed by atoms with van der Waals surface area (Å²) < 4.78 is 2.57. The van der Waals surface area contributed by atoms with E-state index >= 15 is 0 Å². The molecular weight excluding hydrogens is 618 g/mol. The van der Waals surface area contributed by atoms with Crippen LogP contribution in [0, 0.1) is 0 Å². The van der Waals surface area contributed by atoms with Crippen LogP contribution in [0.2, 0.25) is 0 Å². The maximum Gasteiger partial charge on any atom is 0.255 e. The first-order chi connectivity index (χ1) is 21.4. The third-order valence-electron chi connectivity index (χ3n) is 7.01. The van der Waals surface area contributed by atoms with Gasteiger partial charge in [-0.1, -0.05) is 48.5 Å². The van der Waals surface area contributed by atoms with Crippen molar-refractivity contribution < 1.29 is 9.59 Å². The number of carbonyl (C=O) groups excluding carboxylic acids is 2. The van der Waals surface area contributed by atoms with Crippen molar-refractivity contribution in [3.8, 4) is 22.4 Å². The van der Waals surface area contributed by atoms with Crippen molar-refractivity contribution in [2.75, 3.05) is 16.0 Å². The summed E-state index contributed by atoms with van der Waals surface area (Å²) in [5, 5.41) is 13.6. The highest BCUT2D eigenvalue weighted by Crippen LogP contribution is 2.30. The van der Waals surface area contributed by atoms with Crippen LogP contribution in [-0.4, -0.2) is 26.4 Å². The standard InChI is InChI=1S/C34H28BrN7O2/c1-21(43)38-29-4-2-3-26(17-29)23-9-11-24(12-10-23)31-18-32-30(35)20-37-42(32)34(41-31)40-28-15-13-27(14-16-28)39-33(44)25-7-5-22(19-36)6-8-25/h2-18,20H,19,36H2,1H3,(H,38,43)(H,39,44)(H,40,41). The summed E-state index contributed by atoms with van der Waals surface area (Å²) in [5.74, 6) is 0.229. The van der Waals surface area contributed by atoms with Gasteiger partial charge in [0.25, 0.3) is 5.91 Å². The number of nitrogens with one attached hydrogen (secondary N) is 3. The Hall–Kier alpha value is -5.32. The van der Waals surface area contributed by atoms with Crippen molar-refractivity contribution in [3.05, 3.63) is 125 Å². The molecule has 2 aromatic heterocycles. The highest BCUT2D eigenvalue weighted by Gasteiger charge is 2.13. The van der Waals surface area contributed by atoms with Crippen molar-refractivity contribution in [2.24, 2.45) is 5.73 Å². The van der Waals surface area contributed by atoms with Crippen molar-refractivity contribution in [3.63, 3.8) is 0 Å². The first-order valence-corrected chi connectivity index (χ1v) is 14.7. The number of aromatic nitrogens is 3. The first kappa shape index (κ1) is 28.8. The van der Waals surface area contributed by atoms with E-state index in [2.05, 4.69) is 37.0 Å². The van der Waals surface area contributed by atoms with Crippen LogP contribution in [0.1, 0.15) is 22.8 Å². The van der Waals surface area contributed by atoms with Gasteiger partial charge in [0.2, 0.25) is 11.9 Å². The van der Waals surface area contributed by atoms with Gasteiger partial charge in [-0.15, -0.1) is 0 Å². The molecule has 0 aliphatic rings. The van der Waals surface area contributed by atoms with Crippen molar-refractivity contribution in [1.29, 1.82) is 0 Å². The zero-order valence-electron chi connectivity index (χ0n) is 23.7. The maximum absolute atomic E-state index is 12.7. The second kappa shape index (κ2) is 12.5. The van der Waals surface area contributed by atoms with Crippen LogP contribution in [-0.2, 0) is 11.3 Å². The molecule has 0 aliphatic carbocycles. The summed E-state index contributed by atoms with van der Waals surface area (Å²) in [6.07, 6.45) is 1.73. The Kier molecular flexibility index (Phi) is 8.18. The molecule has 0 aliphatic heterocycles. The molecule has 10 heteroatoms. The van der Waals surface area contributed by atoms with E-state index in [1.165, 1.54) is 6.92 Å². The van der Waals surface area contributed by atoms with Gasteiger partial charge in [-0.3, -0.25) is 9.59 Å². The number of hydrogen-bond donors (Lipinski definition) is 4. The monoisotopic (exact) mass is 645 g/mol. The van der Waals surface area contributed by atoms with Gasteiger partial charge in [-0.05, 0) is 87.2 Å². The lowest BCUT2D eigenvalue weighted by atomic mass is 10.0. The lowest BCUT2D eigenvalue weighted by Crippen LogP contribution is -2.12. The quantitative estimate of drug-likeness (QED) is 0.138. The molecule has 6 aromatic rings. The van der Waals surface area contributed by atoms with Crippen LogP contribution in [0.4, 0.5) is 23.0 Å². The topological polar surface area (TPSA) is 126 Å². The van der Waals surface area contributed by atoms with Crippen molar-refractivity contribution in [2.45, 2.75) is 13.5 Å². The van der Waals surface area contributed by atoms with Gasteiger partial charge in [-0.2, -0.15) is 9.61 Å². The highest BCUT2D eigenvalue weighted by atomic mass is 79.9. The van der Waals surface area contributed by atoms with Crippen LogP contribution >= 0.6 is 15.9 Å². The van der Waals surface area contributed by atoms with Crippen molar-refractivity contribution in [1.82, 2.24) is 14.6 Å². The largest absolute Gasteiger partial charge is 0.326 e. The lowest BCUT2D eigenvalue weighted by Gasteiger charge is -2.12. The minimum atomic E-state index is -0.196. The predicted octanol–water partition coefficient (Wildman–Crippen LogP) is 7.24. The van der Waals surface area contributed by atoms with E-state index < -0.39 is 0 Å². The molecule has 0 fully saturated rings. The molecule has 0 radical (unpaired) electrons. The van der Waals surface area contributed by atoms with Gasteiger partial charge in [0.1, 0.15) is 0 Å². The van der Waals surface area contributed by atoms with E-state index in [1.807, 2.05) is 91.0 Å². The van der Waals surface area contributed by atoms with E-state index in [0.717, 1.165) is 49.3 Å². The number of halogens is 1. The maximum atomic E-state index is 12.7. The molecule has 4 aromatic carbocycles. The third-order valence-corrected chi connectivity index (χ3v) is 7.62. The number of carbonyl (C=O) groups is 2. The predicted molar refractivity (Wildman–Crippen MR) is 178 cm³/mol. The zero-order valence-corrected chi connectivity index (χ0v) is 25.3. The van der Waals surface area contributed by atoms with Crippen LogP contribution in [0.25, 0.3) is 27.9 Å². The van der Waals surface area contributed by atoms with E-state index in [-0.39, 0.29) is 11.8 Å². The molecule has 9 nitrogen and oxygen atoms in total. The molecule has 6 rings (SSSR count). The molecule has 5 N–H and O–H groups in total. The molecule has 2 amide bonds. The third kappa shape index (κ3) is 6.36. The number of rotatable bonds is 8. The SMILES string of the molecule is CC(=O)Nc1cccc(-c2ccc(-c3cc4c(Br)cnn4c(Nc4ccc(NC(=O)c5ccc(CN)cc5)cc4)n3)cc2)c1. The summed E-state index contributed by atoms with van der Waals surface area (Å²) >= 11 is 3.60. The van der Waals surface area contributed by atoms with Gasteiger partial charge in [-0.25, -0.2) is 4.98 Å². The molecule has 0 bridgehead atoms. The summed E-state index contributed by atoms with van der Waals surface area (Å²) in [6, 6.07) is 32.4. The average molecular weight is 647 g/mol. The Balaban J connectivity index is 1.22. The Labute approximate surface area is 262 Å². The first-order valence-electron chi connectivity index (χ1n) is 13.9. The van der Waals surface area contributed by atoms with Gasteiger partial charge in [0, 0.05) is 41.7 Å². The number of hydrogen-bond acceptors (Lipinski definition) is 6. The molecule has 0 saturated carbocycles. The number of nitrogens with zero attached hydrogens (tertiary/aromatic N) is 3. The minimum absolute atomic E-state index is 0.109. The summed E-state index contributed by atoms with van der Waals surface area (Å²) in [5.41, 5.74) is 13.9. The Morgan fingerprint density at radius 1 is 0.795 bits per heavy atom. The molecular formula is C34H28BrN7O2. The second-order valence-electron chi connectivity index (χ2n) is 10.2. The average Bonchev–Trinajstić information content (AvgIpc) is 3.42. The zero-order chi connectivity index (χ0) is 30.6. The molecule has 0 saturated heterocycles. The van der Waals surface area contributed by atoms with E-state index in [1.54, 1.807) is 22.8 Å². The van der Waals surface area contributed by atoms with Crippen molar-refractivity contribution >= 4 is 56.3 Å². The van der Waals surface area contributed by atoms with E-state index in [9.17, 15) is 9.59 Å². The molecule has 218 valence electrons. The van der Waals surface area contributed by atoms with Crippen LogP contribution < -0.4 is 21.7 Å². The fourth-order valence-electron chi connectivity index (χ4n) is 4.76. The van der Waals surface area contributed by atoms with Crippen LogP contribution in [0.3, 0.4) is 0 Å². The normalized spacial score (nSPS) is 10.9. The molecule has 2 heterocycles. The number of amides is 2. The summed E-state index contributed by atoms with van der Waals surface area (Å²) in [4.78, 5) is 29.0. The Morgan fingerprint density at radius 2 is 1.50 bits per heavy atom. The number of benzene rings is 4. The fourth-order valence-corrected chi connectivity index (χ4v) is 5.14. The minimum Gasteiger partial charge on any atom is -0.326 e. The summed E-state index contributed by atoms with van der Waals surface area (Å²) in [6.45, 7) is 1.92. The van der Waals surface area contributed by atoms with Gasteiger partial charge in [0.05, 0.1) is 21.9 Å². The molecule has 0 unspecified atom stereocenters. The van der Waals surface area contributed by atoms with E-state index in [4.69, 9.17) is 10.7 Å². The Morgan fingerprint density at radius 3 is 2.20 bits per heavy atom. The van der Waals surface area contributed by atoms with Crippen LogP contribution in [0.15, 0.2) is 114 Å². The molecule has 0 spiro atoms. The number of nitrogens with two attached hydrogens (primary N) is 1. The van der Waals surface area contributed by atoms with Gasteiger partial charge in [0.15, 0.2) is 0 Å². The Bertz CT molecular complexity index is 1970. The number of fused-ring (bicyclic) bond motifs is 1. The molecule has 0 atom stereocenters. The second-order valence-corrected chi connectivity index (χ2v) is 11.0. The van der Waals surface area contributed by atoms with Crippen LogP contribution in [0.5, 0.6) is 0 Å². The van der Waals surface area contributed by atoms with E-state index in [0.29, 0.717) is 23.7 Å². The fraction of sp³-hybridized carbons (Fsp3) is 0.0588. The number of anilines is 4. The lowest BCUT2D eigenvalue weighted by molar-refractivity contribution is -0.114. The highest BCUT2D eigenvalue weighted by molar-refractivity contribution is 9.10. The smallest absolute Gasteiger partial charge is 0.255 e. The van der Waals surface area contributed by atoms with Gasteiger partial charge >= 0.3 is 0 Å². The van der Waals surface area contributed by atoms with Gasteiger partial charge < -0.3 is 21.7 Å². The summed E-state index contributed by atoms with van der Waals surface area (Å²) in [7, 11) is 0.